The zero-order chi connectivity index (χ0) is 12.8. The second kappa shape index (κ2) is 5.85. The first-order chi connectivity index (χ1) is 8.08. The fourth-order valence-corrected chi connectivity index (χ4v) is 1.46. The molecule has 0 radical (unpaired) electrons. The highest BCUT2D eigenvalue weighted by Crippen LogP contribution is 2.27. The van der Waals surface area contributed by atoms with Crippen molar-refractivity contribution in [2.75, 3.05) is 25.6 Å². The minimum absolute atomic E-state index is 0.0490. The smallest absolute Gasteiger partial charge is 0.166 e. The van der Waals surface area contributed by atoms with Gasteiger partial charge in [0.2, 0.25) is 0 Å². The van der Waals surface area contributed by atoms with E-state index >= 15 is 0 Å². The zero-order valence-corrected chi connectivity index (χ0v) is 9.74. The number of benzene rings is 1. The third-order valence-corrected chi connectivity index (χ3v) is 2.24. The molecule has 0 amide bonds. The number of Topliss-reactive ketones (excluding diaryl/α,β-unsaturated/α-hetero) is 1. The summed E-state index contributed by atoms with van der Waals surface area (Å²) in [6.07, 6.45) is -0.151. The highest BCUT2D eigenvalue weighted by atomic mass is 19.1. The number of carbonyl (C=O) groups excluding carboxylic acids is 1. The molecule has 0 aliphatic heterocycles. The van der Waals surface area contributed by atoms with Crippen LogP contribution in [0.15, 0.2) is 18.2 Å². The maximum absolute atomic E-state index is 13.1. The van der Waals surface area contributed by atoms with Gasteiger partial charge in [-0.2, -0.15) is 5.26 Å². The molecular weight excluding hydrogens is 223 g/mol. The van der Waals surface area contributed by atoms with Crippen LogP contribution in [0, 0.1) is 17.1 Å². The highest BCUT2D eigenvalue weighted by molar-refractivity contribution is 5.85. The summed E-state index contributed by atoms with van der Waals surface area (Å²) in [5.41, 5.74) is 0.485. The van der Waals surface area contributed by atoms with Gasteiger partial charge in [0.15, 0.2) is 5.78 Å². The summed E-state index contributed by atoms with van der Waals surface area (Å²) in [6.45, 7) is 0.0490. The molecule has 0 fully saturated rings. The molecule has 0 N–H and O–H groups in total. The van der Waals surface area contributed by atoms with Gasteiger partial charge in [-0.15, -0.1) is 0 Å². The third kappa shape index (κ3) is 3.45. The maximum atomic E-state index is 13.1. The number of carbonyl (C=O) groups is 1. The van der Waals surface area contributed by atoms with Crippen molar-refractivity contribution in [2.24, 2.45) is 0 Å². The standard InChI is InChI=1S/C12H13FN2O2/c1-15(8-10(16)5-6-14)11-7-9(13)3-4-12(11)17-2/h3-4,7H,5,8H2,1-2H3. The highest BCUT2D eigenvalue weighted by Gasteiger charge is 2.12. The van der Waals surface area contributed by atoms with Crippen LogP contribution < -0.4 is 9.64 Å². The fraction of sp³-hybridized carbons (Fsp3) is 0.333. The summed E-state index contributed by atoms with van der Waals surface area (Å²) >= 11 is 0. The van der Waals surface area contributed by atoms with Gasteiger partial charge in [-0.25, -0.2) is 4.39 Å². The molecule has 0 aliphatic rings. The lowest BCUT2D eigenvalue weighted by Crippen LogP contribution is -2.25. The van der Waals surface area contributed by atoms with E-state index in [1.807, 2.05) is 0 Å². The summed E-state index contributed by atoms with van der Waals surface area (Å²) in [5.74, 6) is -0.139. The number of nitrogens with zero attached hydrogens (tertiary/aromatic N) is 2. The van der Waals surface area contributed by atoms with Crippen molar-refractivity contribution in [2.45, 2.75) is 6.42 Å². The first-order valence-electron chi connectivity index (χ1n) is 5.01. The average molecular weight is 236 g/mol. The Kier molecular flexibility index (Phi) is 4.46. The number of ether oxygens (including phenoxy) is 1. The number of methoxy groups -OCH3 is 1. The molecule has 0 bridgehead atoms. The summed E-state index contributed by atoms with van der Waals surface area (Å²) in [4.78, 5) is 12.9. The lowest BCUT2D eigenvalue weighted by molar-refractivity contribution is -0.116. The van der Waals surface area contributed by atoms with Crippen LogP contribution in [-0.2, 0) is 4.79 Å². The van der Waals surface area contributed by atoms with E-state index in [1.165, 1.54) is 25.3 Å². The Labute approximate surface area is 99.2 Å². The van der Waals surface area contributed by atoms with E-state index in [1.54, 1.807) is 18.0 Å². The maximum Gasteiger partial charge on any atom is 0.166 e. The third-order valence-electron chi connectivity index (χ3n) is 2.24. The van der Waals surface area contributed by atoms with Crippen molar-refractivity contribution < 1.29 is 13.9 Å². The summed E-state index contributed by atoms with van der Waals surface area (Å²) in [5, 5.41) is 8.39. The first kappa shape index (κ1) is 13.0. The molecule has 1 aromatic carbocycles. The summed E-state index contributed by atoms with van der Waals surface area (Å²) < 4.78 is 18.2. The Bertz CT molecular complexity index is 454. The number of ketones is 1. The van der Waals surface area contributed by atoms with Crippen molar-refractivity contribution >= 4 is 11.5 Å². The lowest BCUT2D eigenvalue weighted by Gasteiger charge is -2.20. The average Bonchev–Trinajstić information content (AvgIpc) is 2.29. The summed E-state index contributed by atoms with van der Waals surface area (Å²) in [7, 11) is 3.12. The van der Waals surface area contributed by atoms with Crippen molar-refractivity contribution in [1.82, 2.24) is 0 Å². The van der Waals surface area contributed by atoms with E-state index in [4.69, 9.17) is 10.00 Å². The van der Waals surface area contributed by atoms with Gasteiger partial charge in [-0.05, 0) is 12.1 Å². The van der Waals surface area contributed by atoms with Crippen molar-refractivity contribution in [3.05, 3.63) is 24.0 Å². The minimum atomic E-state index is -0.402. The molecule has 0 atom stereocenters. The fourth-order valence-electron chi connectivity index (χ4n) is 1.46. The molecule has 4 nitrogen and oxygen atoms in total. The molecular formula is C12H13FN2O2. The van der Waals surface area contributed by atoms with Crippen LogP contribution in [0.4, 0.5) is 10.1 Å². The minimum Gasteiger partial charge on any atom is -0.495 e. The molecule has 0 saturated heterocycles. The number of anilines is 1. The van der Waals surface area contributed by atoms with E-state index in [9.17, 15) is 9.18 Å². The number of hydrogen-bond donors (Lipinski definition) is 0. The van der Waals surface area contributed by atoms with Gasteiger partial charge in [-0.1, -0.05) is 0 Å². The molecule has 0 aromatic heterocycles. The number of hydrogen-bond acceptors (Lipinski definition) is 4. The monoisotopic (exact) mass is 236 g/mol. The van der Waals surface area contributed by atoms with Gasteiger partial charge >= 0.3 is 0 Å². The molecule has 17 heavy (non-hydrogen) atoms. The zero-order valence-electron chi connectivity index (χ0n) is 9.74. The number of likely N-dealkylation sites (N-methyl/N-ethyl adjacent to an activating group) is 1. The molecule has 0 heterocycles. The van der Waals surface area contributed by atoms with Gasteiger partial charge in [0.1, 0.15) is 11.6 Å². The SMILES string of the molecule is COc1ccc(F)cc1N(C)CC(=O)CC#N. The van der Waals surface area contributed by atoms with E-state index in [0.717, 1.165) is 0 Å². The van der Waals surface area contributed by atoms with Gasteiger partial charge in [0.05, 0.1) is 31.8 Å². The van der Waals surface area contributed by atoms with Crippen molar-refractivity contribution in [3.63, 3.8) is 0 Å². The quantitative estimate of drug-likeness (QED) is 0.781. The van der Waals surface area contributed by atoms with E-state index < -0.39 is 5.82 Å². The molecule has 0 unspecified atom stereocenters. The van der Waals surface area contributed by atoms with Crippen molar-refractivity contribution in [3.8, 4) is 11.8 Å². The van der Waals surface area contributed by atoms with Gasteiger partial charge in [-0.3, -0.25) is 4.79 Å². The molecule has 0 aliphatic carbocycles. The number of halogens is 1. The van der Waals surface area contributed by atoms with Gasteiger partial charge in [0, 0.05) is 13.1 Å². The Morgan fingerprint density at radius 2 is 2.29 bits per heavy atom. The van der Waals surface area contributed by atoms with Crippen LogP contribution in [0.1, 0.15) is 6.42 Å². The number of rotatable bonds is 5. The Hall–Kier alpha value is -2.09. The summed E-state index contributed by atoms with van der Waals surface area (Å²) in [6, 6.07) is 5.85. The first-order valence-corrected chi connectivity index (χ1v) is 5.01. The number of nitriles is 1. The molecule has 5 heteroatoms. The van der Waals surface area contributed by atoms with E-state index in [2.05, 4.69) is 0 Å². The van der Waals surface area contributed by atoms with Crippen LogP contribution in [0.3, 0.4) is 0 Å². The normalized spacial score (nSPS) is 9.53. The second-order valence-corrected chi connectivity index (χ2v) is 3.55. The lowest BCUT2D eigenvalue weighted by atomic mass is 10.2. The van der Waals surface area contributed by atoms with Crippen LogP contribution in [-0.4, -0.2) is 26.5 Å². The van der Waals surface area contributed by atoms with Crippen LogP contribution in [0.2, 0.25) is 0 Å². The Morgan fingerprint density at radius 3 is 2.88 bits per heavy atom. The Morgan fingerprint density at radius 1 is 1.59 bits per heavy atom. The predicted octanol–water partition coefficient (Wildman–Crippen LogP) is 1.75. The van der Waals surface area contributed by atoms with E-state index in [0.29, 0.717) is 11.4 Å². The molecule has 0 saturated carbocycles. The second-order valence-electron chi connectivity index (χ2n) is 3.55. The molecule has 90 valence electrons. The van der Waals surface area contributed by atoms with Crippen LogP contribution in [0.5, 0.6) is 5.75 Å². The molecule has 0 spiro atoms. The van der Waals surface area contributed by atoms with Crippen LogP contribution >= 0.6 is 0 Å². The van der Waals surface area contributed by atoms with Crippen LogP contribution in [0.25, 0.3) is 0 Å². The topological polar surface area (TPSA) is 53.3 Å². The predicted molar refractivity (Wildman–Crippen MR) is 61.5 cm³/mol. The van der Waals surface area contributed by atoms with Gasteiger partial charge < -0.3 is 9.64 Å². The van der Waals surface area contributed by atoms with Gasteiger partial charge in [0.25, 0.3) is 0 Å². The van der Waals surface area contributed by atoms with Crippen molar-refractivity contribution in [1.29, 1.82) is 5.26 Å². The largest absolute Gasteiger partial charge is 0.495 e. The Balaban J connectivity index is 2.88. The molecule has 1 rings (SSSR count). The van der Waals surface area contributed by atoms with E-state index in [-0.39, 0.29) is 18.7 Å². The molecule has 1 aromatic rings.